The number of nitrogens with one attached hydrogen (secondary N) is 1. The summed E-state index contributed by atoms with van der Waals surface area (Å²) in [6.07, 6.45) is 1.99. The molecule has 0 fully saturated rings. The van der Waals surface area contributed by atoms with Crippen molar-refractivity contribution in [2.45, 2.75) is 25.8 Å². The zero-order valence-electron chi connectivity index (χ0n) is 12.9. The molecule has 0 unspecified atom stereocenters. The fourth-order valence-corrected chi connectivity index (χ4v) is 2.93. The summed E-state index contributed by atoms with van der Waals surface area (Å²) in [7, 11) is 0. The molecule has 0 aromatic heterocycles. The van der Waals surface area contributed by atoms with Gasteiger partial charge in [0.1, 0.15) is 6.04 Å². The second-order valence-corrected chi connectivity index (χ2v) is 5.72. The molecule has 1 aliphatic heterocycles. The largest absolute Gasteiger partial charge is 0.360 e. The number of carbonyl (C=O) groups excluding carboxylic acids is 1. The minimum Gasteiger partial charge on any atom is -0.360 e. The first-order valence-electron chi connectivity index (χ1n) is 7.67. The van der Waals surface area contributed by atoms with Gasteiger partial charge in [-0.3, -0.25) is 4.79 Å². The van der Waals surface area contributed by atoms with Gasteiger partial charge in [0, 0.05) is 24.0 Å². The summed E-state index contributed by atoms with van der Waals surface area (Å²) in [6.45, 7) is 2.61. The number of para-hydroxylation sites is 1. The molecular formula is C18H18F2N2O. The maximum atomic E-state index is 13.2. The van der Waals surface area contributed by atoms with E-state index in [1.54, 1.807) is 0 Å². The van der Waals surface area contributed by atoms with Crippen LogP contribution in [0.25, 0.3) is 0 Å². The average molecular weight is 316 g/mol. The smallest absolute Gasteiger partial charge is 0.246 e. The van der Waals surface area contributed by atoms with Crippen molar-refractivity contribution in [1.29, 1.82) is 0 Å². The van der Waals surface area contributed by atoms with E-state index in [4.69, 9.17) is 0 Å². The zero-order valence-corrected chi connectivity index (χ0v) is 12.9. The van der Waals surface area contributed by atoms with Crippen molar-refractivity contribution >= 4 is 17.3 Å². The number of carbonyl (C=O) groups is 1. The van der Waals surface area contributed by atoms with Crippen LogP contribution in [0.15, 0.2) is 42.5 Å². The second-order valence-electron chi connectivity index (χ2n) is 5.72. The first kappa shape index (κ1) is 15.5. The molecule has 1 N–H and O–H groups in total. The van der Waals surface area contributed by atoms with Crippen molar-refractivity contribution < 1.29 is 13.6 Å². The van der Waals surface area contributed by atoms with Crippen LogP contribution in [0.1, 0.15) is 18.9 Å². The molecule has 1 aliphatic rings. The van der Waals surface area contributed by atoms with Crippen LogP contribution in [-0.4, -0.2) is 18.5 Å². The molecule has 3 nitrogen and oxygen atoms in total. The van der Waals surface area contributed by atoms with Gasteiger partial charge in [-0.2, -0.15) is 0 Å². The van der Waals surface area contributed by atoms with Crippen LogP contribution in [0, 0.1) is 11.6 Å². The van der Waals surface area contributed by atoms with Crippen LogP contribution in [0.3, 0.4) is 0 Å². The Bertz CT molecular complexity index is 733. The highest BCUT2D eigenvalue weighted by Crippen LogP contribution is 2.28. The van der Waals surface area contributed by atoms with Crippen LogP contribution >= 0.6 is 0 Å². The van der Waals surface area contributed by atoms with Gasteiger partial charge < -0.3 is 10.2 Å². The Morgan fingerprint density at radius 2 is 1.96 bits per heavy atom. The Labute approximate surface area is 133 Å². The number of rotatable bonds is 3. The molecule has 0 bridgehead atoms. The molecule has 0 radical (unpaired) electrons. The summed E-state index contributed by atoms with van der Waals surface area (Å²) in [5, 5.41) is 2.65. The van der Waals surface area contributed by atoms with Gasteiger partial charge in [0.25, 0.3) is 0 Å². The molecule has 2 aromatic rings. The molecule has 1 heterocycles. The zero-order chi connectivity index (χ0) is 16.4. The minimum absolute atomic E-state index is 0.243. The number of anilines is 2. The molecule has 0 aliphatic carbocycles. The Morgan fingerprint density at radius 3 is 2.74 bits per heavy atom. The van der Waals surface area contributed by atoms with E-state index in [-0.39, 0.29) is 11.6 Å². The van der Waals surface area contributed by atoms with E-state index < -0.39 is 17.7 Å². The van der Waals surface area contributed by atoms with Gasteiger partial charge in [-0.05, 0) is 43.5 Å². The van der Waals surface area contributed by atoms with Gasteiger partial charge in [0.2, 0.25) is 5.91 Å². The third-order valence-corrected chi connectivity index (χ3v) is 4.18. The van der Waals surface area contributed by atoms with Crippen molar-refractivity contribution in [3.8, 4) is 0 Å². The molecular weight excluding hydrogens is 298 g/mol. The quantitative estimate of drug-likeness (QED) is 0.935. The van der Waals surface area contributed by atoms with E-state index in [9.17, 15) is 13.6 Å². The Balaban J connectivity index is 1.76. The van der Waals surface area contributed by atoms with E-state index in [1.165, 1.54) is 11.6 Å². The summed E-state index contributed by atoms with van der Waals surface area (Å²) < 4.78 is 26.2. The van der Waals surface area contributed by atoms with Gasteiger partial charge in [-0.1, -0.05) is 18.2 Å². The highest BCUT2D eigenvalue weighted by Gasteiger charge is 2.25. The lowest BCUT2D eigenvalue weighted by Gasteiger charge is -2.35. The standard InChI is InChI=1S/C18H18F2N2O/c1-12(18(23)21-14-8-9-15(19)16(20)11-14)22-10-4-6-13-5-2-3-7-17(13)22/h2-3,5,7-9,11-12H,4,6,10H2,1H3,(H,21,23)/t12-/m1/s1. The van der Waals surface area contributed by atoms with Gasteiger partial charge in [-0.25, -0.2) is 8.78 Å². The Morgan fingerprint density at radius 1 is 1.17 bits per heavy atom. The van der Waals surface area contributed by atoms with E-state index >= 15 is 0 Å². The highest BCUT2D eigenvalue weighted by molar-refractivity contribution is 5.96. The van der Waals surface area contributed by atoms with Crippen LogP contribution in [0.5, 0.6) is 0 Å². The predicted molar refractivity (Wildman–Crippen MR) is 86.6 cm³/mol. The summed E-state index contributed by atoms with van der Waals surface area (Å²) in [6, 6.07) is 11.0. The third kappa shape index (κ3) is 3.18. The number of nitrogens with zero attached hydrogens (tertiary/aromatic N) is 1. The lowest BCUT2D eigenvalue weighted by atomic mass is 10.00. The fraction of sp³-hybridized carbons (Fsp3) is 0.278. The van der Waals surface area contributed by atoms with Crippen LogP contribution < -0.4 is 10.2 Å². The van der Waals surface area contributed by atoms with Gasteiger partial charge >= 0.3 is 0 Å². The summed E-state index contributed by atoms with van der Waals surface area (Å²) in [5.74, 6) is -2.15. The molecule has 0 saturated carbocycles. The van der Waals surface area contributed by atoms with Crippen LogP contribution in [-0.2, 0) is 11.2 Å². The maximum absolute atomic E-state index is 13.2. The lowest BCUT2D eigenvalue weighted by Crippen LogP contribution is -2.44. The van der Waals surface area contributed by atoms with E-state index in [0.29, 0.717) is 0 Å². The van der Waals surface area contributed by atoms with Crippen molar-refractivity contribution in [3.63, 3.8) is 0 Å². The molecule has 3 rings (SSSR count). The van der Waals surface area contributed by atoms with E-state index in [2.05, 4.69) is 11.4 Å². The van der Waals surface area contributed by atoms with Gasteiger partial charge in [0.05, 0.1) is 0 Å². The summed E-state index contributed by atoms with van der Waals surface area (Å²) in [4.78, 5) is 14.5. The number of halogens is 2. The van der Waals surface area contributed by atoms with Crippen LogP contribution in [0.2, 0.25) is 0 Å². The molecule has 0 spiro atoms. The first-order chi connectivity index (χ1) is 11.1. The lowest BCUT2D eigenvalue weighted by molar-refractivity contribution is -0.117. The normalized spacial score (nSPS) is 15.0. The number of amides is 1. The predicted octanol–water partition coefficient (Wildman–Crippen LogP) is 3.74. The molecule has 1 amide bonds. The topological polar surface area (TPSA) is 32.3 Å². The van der Waals surface area contributed by atoms with E-state index in [1.807, 2.05) is 30.0 Å². The van der Waals surface area contributed by atoms with Gasteiger partial charge in [-0.15, -0.1) is 0 Å². The van der Waals surface area contributed by atoms with Crippen LogP contribution in [0.4, 0.5) is 20.2 Å². The van der Waals surface area contributed by atoms with Gasteiger partial charge in [0.15, 0.2) is 11.6 Å². The number of hydrogen-bond acceptors (Lipinski definition) is 2. The monoisotopic (exact) mass is 316 g/mol. The highest BCUT2D eigenvalue weighted by atomic mass is 19.2. The summed E-state index contributed by atoms with van der Waals surface area (Å²) in [5.41, 5.74) is 2.55. The number of aryl methyl sites for hydroxylation is 1. The minimum atomic E-state index is -0.973. The molecule has 1 atom stereocenters. The van der Waals surface area contributed by atoms with Crippen molar-refractivity contribution in [1.82, 2.24) is 0 Å². The van der Waals surface area contributed by atoms with Crippen molar-refractivity contribution in [2.24, 2.45) is 0 Å². The number of hydrogen-bond donors (Lipinski definition) is 1. The molecule has 0 saturated heterocycles. The SMILES string of the molecule is C[C@H](C(=O)Nc1ccc(F)c(F)c1)N1CCCc2ccccc21. The molecule has 5 heteroatoms. The Kier molecular flexibility index (Phi) is 4.28. The number of benzene rings is 2. The third-order valence-electron chi connectivity index (χ3n) is 4.18. The maximum Gasteiger partial charge on any atom is 0.246 e. The molecule has 23 heavy (non-hydrogen) atoms. The average Bonchev–Trinajstić information content (AvgIpc) is 2.57. The second kappa shape index (κ2) is 6.36. The Hall–Kier alpha value is -2.43. The molecule has 2 aromatic carbocycles. The summed E-state index contributed by atoms with van der Waals surface area (Å²) >= 11 is 0. The first-order valence-corrected chi connectivity index (χ1v) is 7.67. The van der Waals surface area contributed by atoms with Crippen molar-refractivity contribution in [3.05, 3.63) is 59.7 Å². The van der Waals surface area contributed by atoms with E-state index in [0.717, 1.165) is 37.2 Å². The fourth-order valence-electron chi connectivity index (χ4n) is 2.93. The molecule has 120 valence electrons. The number of fused-ring (bicyclic) bond motifs is 1. The van der Waals surface area contributed by atoms with Crippen molar-refractivity contribution in [2.75, 3.05) is 16.8 Å².